The van der Waals surface area contributed by atoms with Gasteiger partial charge < -0.3 is 10.4 Å². The van der Waals surface area contributed by atoms with E-state index in [-0.39, 0.29) is 23.3 Å². The molecule has 0 aromatic rings. The Labute approximate surface area is 96.4 Å². The van der Waals surface area contributed by atoms with E-state index in [2.05, 4.69) is 26.1 Å². The number of hydrogen-bond donors (Lipinski definition) is 2. The normalized spacial score (nSPS) is 24.7. The number of amides is 1. The first kappa shape index (κ1) is 13.0. The summed E-state index contributed by atoms with van der Waals surface area (Å²) >= 11 is 0. The van der Waals surface area contributed by atoms with Crippen LogP contribution in [0.15, 0.2) is 0 Å². The average molecular weight is 227 g/mol. The van der Waals surface area contributed by atoms with Crippen LogP contribution in [0.2, 0.25) is 0 Å². The molecule has 1 fully saturated rings. The summed E-state index contributed by atoms with van der Waals surface area (Å²) in [6.07, 6.45) is 2.54. The highest BCUT2D eigenvalue weighted by Gasteiger charge is 2.35. The molecule has 1 saturated carbocycles. The Hall–Kier alpha value is -1.06. The Kier molecular flexibility index (Phi) is 3.94. The number of aliphatic carboxylic acids is 1. The van der Waals surface area contributed by atoms with Gasteiger partial charge in [-0.1, -0.05) is 20.8 Å². The molecule has 0 aliphatic heterocycles. The summed E-state index contributed by atoms with van der Waals surface area (Å²) in [5.41, 5.74) is 0.167. The van der Waals surface area contributed by atoms with Crippen LogP contribution in [0.3, 0.4) is 0 Å². The van der Waals surface area contributed by atoms with Crippen molar-refractivity contribution < 1.29 is 14.7 Å². The van der Waals surface area contributed by atoms with E-state index in [1.54, 1.807) is 0 Å². The van der Waals surface area contributed by atoms with Gasteiger partial charge in [0.1, 0.15) is 0 Å². The van der Waals surface area contributed by atoms with Gasteiger partial charge in [-0.25, -0.2) is 0 Å². The molecule has 0 radical (unpaired) electrons. The zero-order valence-electron chi connectivity index (χ0n) is 10.2. The van der Waals surface area contributed by atoms with Crippen molar-refractivity contribution in [2.24, 2.45) is 11.3 Å². The lowest BCUT2D eigenvalue weighted by molar-refractivity contribution is -0.146. The number of rotatable bonds is 4. The van der Waals surface area contributed by atoms with Crippen molar-refractivity contribution in [3.8, 4) is 0 Å². The Balaban J connectivity index is 2.15. The molecule has 1 rings (SSSR count). The maximum absolute atomic E-state index is 11.5. The van der Waals surface area contributed by atoms with Crippen LogP contribution in [0, 0.1) is 11.3 Å². The number of carboxylic acid groups (broad SMARTS) is 1. The van der Waals surface area contributed by atoms with Gasteiger partial charge in [0.2, 0.25) is 5.91 Å². The fraction of sp³-hybridized carbons (Fsp3) is 0.833. The standard InChI is InChI=1S/C12H21NO3/c1-12(2,3)5-4-10(14)13-9-6-8(7-9)11(15)16/h8-9H,4-7H2,1-3H3,(H,13,14)(H,15,16). The molecule has 16 heavy (non-hydrogen) atoms. The van der Waals surface area contributed by atoms with E-state index in [0.29, 0.717) is 19.3 Å². The Morgan fingerprint density at radius 2 is 1.88 bits per heavy atom. The van der Waals surface area contributed by atoms with Gasteiger partial charge >= 0.3 is 5.97 Å². The maximum atomic E-state index is 11.5. The van der Waals surface area contributed by atoms with E-state index < -0.39 is 5.97 Å². The molecule has 0 saturated heterocycles. The number of carbonyl (C=O) groups is 2. The third kappa shape index (κ3) is 4.21. The lowest BCUT2D eigenvalue weighted by Crippen LogP contribution is -2.46. The van der Waals surface area contributed by atoms with Crippen LogP contribution in [-0.2, 0) is 9.59 Å². The number of hydrogen-bond acceptors (Lipinski definition) is 2. The van der Waals surface area contributed by atoms with Gasteiger partial charge in [-0.15, -0.1) is 0 Å². The SMILES string of the molecule is CC(C)(C)CCC(=O)NC1CC(C(=O)O)C1. The van der Waals surface area contributed by atoms with Crippen LogP contribution >= 0.6 is 0 Å². The predicted octanol–water partition coefficient (Wildman–Crippen LogP) is 1.79. The first-order valence-corrected chi connectivity index (χ1v) is 5.80. The van der Waals surface area contributed by atoms with Crippen LogP contribution in [0.4, 0.5) is 0 Å². The van der Waals surface area contributed by atoms with Gasteiger partial charge in [0.15, 0.2) is 0 Å². The van der Waals surface area contributed by atoms with Crippen LogP contribution in [0.5, 0.6) is 0 Å². The summed E-state index contributed by atoms with van der Waals surface area (Å²) in [7, 11) is 0. The highest BCUT2D eigenvalue weighted by Crippen LogP contribution is 2.28. The highest BCUT2D eigenvalue weighted by atomic mass is 16.4. The van der Waals surface area contributed by atoms with Gasteiger partial charge in [0, 0.05) is 12.5 Å². The minimum absolute atomic E-state index is 0.0452. The first-order chi connectivity index (χ1) is 7.28. The first-order valence-electron chi connectivity index (χ1n) is 5.80. The van der Waals surface area contributed by atoms with Crippen LogP contribution in [0.1, 0.15) is 46.5 Å². The van der Waals surface area contributed by atoms with Crippen LogP contribution < -0.4 is 5.32 Å². The molecular weight excluding hydrogens is 206 g/mol. The van der Waals surface area contributed by atoms with E-state index >= 15 is 0 Å². The summed E-state index contributed by atoms with van der Waals surface area (Å²) in [5.74, 6) is -0.961. The summed E-state index contributed by atoms with van der Waals surface area (Å²) in [6.45, 7) is 6.30. The summed E-state index contributed by atoms with van der Waals surface area (Å²) in [4.78, 5) is 22.1. The second-order valence-electron chi connectivity index (χ2n) is 5.83. The molecule has 4 nitrogen and oxygen atoms in total. The highest BCUT2D eigenvalue weighted by molar-refractivity contribution is 5.77. The molecule has 1 aliphatic carbocycles. The molecule has 1 aliphatic rings. The van der Waals surface area contributed by atoms with Gasteiger partial charge in [0.25, 0.3) is 0 Å². The molecular formula is C12H21NO3. The fourth-order valence-corrected chi connectivity index (χ4v) is 1.73. The van der Waals surface area contributed by atoms with Crippen molar-refractivity contribution in [2.75, 3.05) is 0 Å². The number of carboxylic acids is 1. The Morgan fingerprint density at radius 1 is 1.31 bits per heavy atom. The zero-order valence-corrected chi connectivity index (χ0v) is 10.2. The number of nitrogens with one attached hydrogen (secondary N) is 1. The van der Waals surface area contributed by atoms with Crippen molar-refractivity contribution in [1.29, 1.82) is 0 Å². The third-order valence-electron chi connectivity index (χ3n) is 2.95. The maximum Gasteiger partial charge on any atom is 0.306 e. The van der Waals surface area contributed by atoms with E-state index in [0.717, 1.165) is 6.42 Å². The van der Waals surface area contributed by atoms with Gasteiger partial charge in [-0.3, -0.25) is 9.59 Å². The predicted molar refractivity (Wildman–Crippen MR) is 61.0 cm³/mol. The smallest absolute Gasteiger partial charge is 0.306 e. The molecule has 0 atom stereocenters. The third-order valence-corrected chi connectivity index (χ3v) is 2.95. The minimum Gasteiger partial charge on any atom is -0.481 e. The van der Waals surface area contributed by atoms with Gasteiger partial charge in [0.05, 0.1) is 5.92 Å². The molecule has 2 N–H and O–H groups in total. The van der Waals surface area contributed by atoms with Gasteiger partial charge in [-0.05, 0) is 24.7 Å². The molecule has 0 aromatic heterocycles. The second-order valence-corrected chi connectivity index (χ2v) is 5.83. The topological polar surface area (TPSA) is 66.4 Å². The van der Waals surface area contributed by atoms with Crippen molar-refractivity contribution >= 4 is 11.9 Å². The largest absolute Gasteiger partial charge is 0.481 e. The van der Waals surface area contributed by atoms with E-state index in [4.69, 9.17) is 5.11 Å². The monoisotopic (exact) mass is 227 g/mol. The van der Waals surface area contributed by atoms with Crippen LogP contribution in [0.25, 0.3) is 0 Å². The van der Waals surface area contributed by atoms with Crippen LogP contribution in [-0.4, -0.2) is 23.0 Å². The lowest BCUT2D eigenvalue weighted by Gasteiger charge is -2.33. The minimum atomic E-state index is -0.750. The quantitative estimate of drug-likeness (QED) is 0.769. The summed E-state index contributed by atoms with van der Waals surface area (Å²) in [6, 6.07) is 0.0774. The summed E-state index contributed by atoms with van der Waals surface area (Å²) < 4.78 is 0. The zero-order chi connectivity index (χ0) is 12.3. The van der Waals surface area contributed by atoms with Crippen molar-refractivity contribution in [1.82, 2.24) is 5.32 Å². The number of carbonyl (C=O) groups excluding carboxylic acids is 1. The van der Waals surface area contributed by atoms with E-state index in [1.165, 1.54) is 0 Å². The van der Waals surface area contributed by atoms with E-state index in [9.17, 15) is 9.59 Å². The molecule has 92 valence electrons. The van der Waals surface area contributed by atoms with E-state index in [1.807, 2.05) is 0 Å². The molecule has 4 heteroatoms. The van der Waals surface area contributed by atoms with Crippen molar-refractivity contribution in [3.05, 3.63) is 0 Å². The molecule has 0 heterocycles. The Bertz CT molecular complexity index is 274. The molecule has 0 bridgehead atoms. The molecule has 0 unspecified atom stereocenters. The molecule has 1 amide bonds. The second kappa shape index (κ2) is 4.85. The van der Waals surface area contributed by atoms with Gasteiger partial charge in [-0.2, -0.15) is 0 Å². The lowest BCUT2D eigenvalue weighted by atomic mass is 9.80. The Morgan fingerprint density at radius 3 is 2.31 bits per heavy atom. The molecule has 0 aromatic carbocycles. The average Bonchev–Trinajstić information content (AvgIpc) is 2.05. The fourth-order valence-electron chi connectivity index (χ4n) is 1.73. The van der Waals surface area contributed by atoms with Crippen molar-refractivity contribution in [2.45, 2.75) is 52.5 Å². The summed E-state index contributed by atoms with van der Waals surface area (Å²) in [5, 5.41) is 11.6. The van der Waals surface area contributed by atoms with Crippen molar-refractivity contribution in [3.63, 3.8) is 0 Å². The molecule has 0 spiro atoms.